The van der Waals surface area contributed by atoms with E-state index in [0.29, 0.717) is 10.8 Å². The van der Waals surface area contributed by atoms with E-state index in [9.17, 15) is 12.8 Å². The first-order valence-electron chi connectivity index (χ1n) is 9.24. The first kappa shape index (κ1) is 22.0. The Morgan fingerprint density at radius 2 is 1.68 bits per heavy atom. The van der Waals surface area contributed by atoms with Crippen LogP contribution in [0.4, 0.5) is 4.39 Å². The molecule has 31 heavy (non-hydrogen) atoms. The van der Waals surface area contributed by atoms with E-state index < -0.39 is 9.84 Å². The fraction of sp³-hybridized carbons (Fsp3) is 0.0870. The molecule has 3 nitrogen and oxygen atoms in total. The largest absolute Gasteiger partial charge is 0.229 e. The second-order valence-electron chi connectivity index (χ2n) is 6.88. The summed E-state index contributed by atoms with van der Waals surface area (Å²) in [6, 6.07) is 20.6. The SMILES string of the molecule is CS(=O)(=O)c1ccc(-c2sc(SCc3cccc(Cl)c3)nc2-c2ccc(F)cc2)cc1. The summed E-state index contributed by atoms with van der Waals surface area (Å²) in [5.41, 5.74) is 3.49. The van der Waals surface area contributed by atoms with Gasteiger partial charge in [-0.2, -0.15) is 0 Å². The van der Waals surface area contributed by atoms with E-state index >= 15 is 0 Å². The fourth-order valence-corrected chi connectivity index (χ4v) is 5.94. The number of aromatic nitrogens is 1. The van der Waals surface area contributed by atoms with E-state index in [1.54, 1.807) is 48.2 Å². The van der Waals surface area contributed by atoms with Gasteiger partial charge in [-0.05, 0) is 59.7 Å². The maximum absolute atomic E-state index is 13.4. The number of sulfone groups is 1. The van der Waals surface area contributed by atoms with Gasteiger partial charge >= 0.3 is 0 Å². The molecule has 0 N–H and O–H groups in total. The van der Waals surface area contributed by atoms with Crippen molar-refractivity contribution in [1.29, 1.82) is 0 Å². The normalized spacial score (nSPS) is 11.6. The summed E-state index contributed by atoms with van der Waals surface area (Å²) in [4.78, 5) is 5.97. The molecule has 0 spiro atoms. The van der Waals surface area contributed by atoms with E-state index in [-0.39, 0.29) is 10.7 Å². The Hall–Kier alpha value is -2.19. The minimum atomic E-state index is -3.28. The number of hydrogen-bond acceptors (Lipinski definition) is 5. The number of thioether (sulfide) groups is 1. The molecule has 0 saturated heterocycles. The molecule has 0 aliphatic carbocycles. The van der Waals surface area contributed by atoms with Crippen molar-refractivity contribution in [2.24, 2.45) is 0 Å². The van der Waals surface area contributed by atoms with Crippen LogP contribution in [0.5, 0.6) is 0 Å². The number of hydrogen-bond donors (Lipinski definition) is 0. The van der Waals surface area contributed by atoms with Crippen molar-refractivity contribution in [1.82, 2.24) is 4.98 Å². The molecule has 3 aromatic carbocycles. The maximum atomic E-state index is 13.4. The summed E-state index contributed by atoms with van der Waals surface area (Å²) in [7, 11) is -3.28. The van der Waals surface area contributed by atoms with Crippen LogP contribution in [0.25, 0.3) is 21.7 Å². The maximum Gasteiger partial charge on any atom is 0.175 e. The topological polar surface area (TPSA) is 47.0 Å². The summed E-state index contributed by atoms with van der Waals surface area (Å²) in [5, 5.41) is 0.691. The Labute approximate surface area is 193 Å². The van der Waals surface area contributed by atoms with Crippen LogP contribution in [0.2, 0.25) is 5.02 Å². The van der Waals surface area contributed by atoms with Gasteiger partial charge in [0.05, 0.1) is 15.5 Å². The lowest BCUT2D eigenvalue weighted by Crippen LogP contribution is -1.96. The fourth-order valence-electron chi connectivity index (χ4n) is 2.99. The molecule has 0 bridgehead atoms. The van der Waals surface area contributed by atoms with Crippen molar-refractivity contribution in [2.45, 2.75) is 15.0 Å². The first-order valence-corrected chi connectivity index (χ1v) is 13.3. The van der Waals surface area contributed by atoms with Crippen LogP contribution in [0, 0.1) is 5.82 Å². The molecule has 0 saturated carbocycles. The molecular formula is C23H17ClFNO2S3. The zero-order chi connectivity index (χ0) is 22.0. The quantitative estimate of drug-likeness (QED) is 0.274. The number of nitrogens with zero attached hydrogens (tertiary/aromatic N) is 1. The van der Waals surface area contributed by atoms with Crippen LogP contribution in [0.1, 0.15) is 5.56 Å². The standard InChI is InChI=1S/C23H17ClFNO2S3/c1-31(27,28)20-11-7-17(8-12-20)22-21(16-5-9-19(25)10-6-16)26-23(30-22)29-14-15-3-2-4-18(24)13-15/h2-13H,14H2,1H3. The first-order chi connectivity index (χ1) is 14.8. The molecule has 4 rings (SSSR count). The summed E-state index contributed by atoms with van der Waals surface area (Å²) < 4.78 is 37.9. The molecule has 0 aliphatic heterocycles. The second-order valence-corrected chi connectivity index (χ2v) is 11.6. The highest BCUT2D eigenvalue weighted by Crippen LogP contribution is 2.41. The zero-order valence-corrected chi connectivity index (χ0v) is 19.6. The molecule has 1 heterocycles. The van der Waals surface area contributed by atoms with Crippen LogP contribution in [0.3, 0.4) is 0 Å². The van der Waals surface area contributed by atoms with Crippen molar-refractivity contribution in [3.8, 4) is 21.7 Å². The third-order valence-electron chi connectivity index (χ3n) is 4.52. The van der Waals surface area contributed by atoms with Gasteiger partial charge in [0, 0.05) is 22.6 Å². The van der Waals surface area contributed by atoms with Crippen LogP contribution < -0.4 is 0 Å². The van der Waals surface area contributed by atoms with Gasteiger partial charge in [-0.25, -0.2) is 17.8 Å². The Bertz CT molecular complexity index is 1320. The molecule has 0 unspecified atom stereocenters. The Morgan fingerprint density at radius 3 is 2.32 bits per heavy atom. The summed E-state index contributed by atoms with van der Waals surface area (Å²) in [6.45, 7) is 0. The lowest BCUT2D eigenvalue weighted by atomic mass is 10.1. The predicted molar refractivity (Wildman–Crippen MR) is 127 cm³/mol. The van der Waals surface area contributed by atoms with Gasteiger partial charge in [-0.3, -0.25) is 0 Å². The summed E-state index contributed by atoms with van der Waals surface area (Å²) >= 11 is 9.20. The van der Waals surface area contributed by atoms with Crippen LogP contribution in [-0.4, -0.2) is 19.7 Å². The Morgan fingerprint density at radius 1 is 1.00 bits per heavy atom. The molecule has 1 aromatic heterocycles. The zero-order valence-electron chi connectivity index (χ0n) is 16.4. The van der Waals surface area contributed by atoms with Gasteiger partial charge in [-0.15, -0.1) is 11.3 Å². The van der Waals surface area contributed by atoms with Crippen LogP contribution in [0.15, 0.2) is 82.0 Å². The molecule has 4 aromatic rings. The average molecular weight is 490 g/mol. The third-order valence-corrected chi connectivity index (χ3v) is 8.20. The van der Waals surface area contributed by atoms with E-state index in [2.05, 4.69) is 0 Å². The molecule has 0 fully saturated rings. The number of benzene rings is 3. The number of thiazole rings is 1. The molecule has 0 atom stereocenters. The lowest BCUT2D eigenvalue weighted by Gasteiger charge is -2.04. The van der Waals surface area contributed by atoms with E-state index in [4.69, 9.17) is 16.6 Å². The molecule has 158 valence electrons. The van der Waals surface area contributed by atoms with Gasteiger partial charge in [0.2, 0.25) is 0 Å². The van der Waals surface area contributed by atoms with Crippen LogP contribution >= 0.6 is 34.7 Å². The molecule has 0 amide bonds. The van der Waals surface area contributed by atoms with Gasteiger partial charge in [-0.1, -0.05) is 47.6 Å². The third kappa shape index (κ3) is 5.36. The van der Waals surface area contributed by atoms with Crippen molar-refractivity contribution in [3.05, 3.63) is 89.2 Å². The van der Waals surface area contributed by atoms with Crippen molar-refractivity contribution >= 4 is 44.5 Å². The molecular weight excluding hydrogens is 473 g/mol. The molecule has 0 aliphatic rings. The van der Waals surface area contributed by atoms with Gasteiger partial charge in [0.15, 0.2) is 14.2 Å². The van der Waals surface area contributed by atoms with Crippen LogP contribution in [-0.2, 0) is 15.6 Å². The minimum absolute atomic E-state index is 0.264. The number of halogens is 2. The molecule has 0 radical (unpaired) electrons. The van der Waals surface area contributed by atoms with Gasteiger partial charge < -0.3 is 0 Å². The average Bonchev–Trinajstić information content (AvgIpc) is 3.17. The summed E-state index contributed by atoms with van der Waals surface area (Å²) in [6.07, 6.45) is 1.18. The second kappa shape index (κ2) is 9.12. The lowest BCUT2D eigenvalue weighted by molar-refractivity contribution is 0.602. The van der Waals surface area contributed by atoms with E-state index in [0.717, 1.165) is 31.6 Å². The molecule has 8 heteroatoms. The highest BCUT2D eigenvalue weighted by molar-refractivity contribution is 8.00. The minimum Gasteiger partial charge on any atom is -0.229 e. The smallest absolute Gasteiger partial charge is 0.175 e. The van der Waals surface area contributed by atoms with Crippen molar-refractivity contribution in [3.63, 3.8) is 0 Å². The summed E-state index contributed by atoms with van der Waals surface area (Å²) in [5.74, 6) is 0.400. The Kier molecular flexibility index (Phi) is 6.48. The highest BCUT2D eigenvalue weighted by Gasteiger charge is 2.17. The Balaban J connectivity index is 1.71. The highest BCUT2D eigenvalue weighted by atomic mass is 35.5. The van der Waals surface area contributed by atoms with Crippen molar-refractivity contribution < 1.29 is 12.8 Å². The van der Waals surface area contributed by atoms with E-state index in [1.807, 2.05) is 24.3 Å². The van der Waals surface area contributed by atoms with Gasteiger partial charge in [0.25, 0.3) is 0 Å². The van der Waals surface area contributed by atoms with E-state index in [1.165, 1.54) is 29.7 Å². The van der Waals surface area contributed by atoms with Gasteiger partial charge in [0.1, 0.15) is 5.82 Å². The predicted octanol–water partition coefficient (Wildman–Crippen LogP) is 6.97. The van der Waals surface area contributed by atoms with Crippen molar-refractivity contribution in [2.75, 3.05) is 6.26 Å². The monoisotopic (exact) mass is 489 g/mol. The number of rotatable bonds is 6.